The third-order valence-electron chi connectivity index (χ3n) is 3.70. The van der Waals surface area contributed by atoms with Crippen molar-refractivity contribution in [3.05, 3.63) is 24.0 Å². The van der Waals surface area contributed by atoms with Crippen molar-refractivity contribution in [2.45, 2.75) is 25.4 Å². The molecule has 2 rings (SSSR count). The average molecular weight is 236 g/mol. The molecule has 3 N–H and O–H groups in total. The van der Waals surface area contributed by atoms with Gasteiger partial charge >= 0.3 is 0 Å². The smallest absolute Gasteiger partial charge is 0.0485 e. The first-order chi connectivity index (χ1) is 8.31. The number of piperazine rings is 1. The van der Waals surface area contributed by atoms with E-state index in [4.69, 9.17) is 0 Å². The van der Waals surface area contributed by atoms with Gasteiger partial charge in [0.1, 0.15) is 0 Å². The number of rotatable bonds is 5. The minimum atomic E-state index is 0.426. The van der Waals surface area contributed by atoms with Crippen molar-refractivity contribution in [2.75, 3.05) is 33.2 Å². The van der Waals surface area contributed by atoms with Crippen LogP contribution < -0.4 is 10.6 Å². The normalized spacial score (nSPS) is 21.3. The molecule has 4 nitrogen and oxygen atoms in total. The molecular weight excluding hydrogens is 212 g/mol. The van der Waals surface area contributed by atoms with Crippen molar-refractivity contribution in [1.82, 2.24) is 20.5 Å². The highest BCUT2D eigenvalue weighted by Crippen LogP contribution is 2.19. The Balaban J connectivity index is 1.89. The largest absolute Gasteiger partial charge is 0.364 e. The fourth-order valence-corrected chi connectivity index (χ4v) is 2.57. The fraction of sp³-hybridized carbons (Fsp3) is 0.692. The topological polar surface area (TPSA) is 43.1 Å². The Labute approximate surface area is 104 Å². The van der Waals surface area contributed by atoms with Crippen LogP contribution in [0, 0.1) is 0 Å². The van der Waals surface area contributed by atoms with Crippen LogP contribution in [0.4, 0.5) is 0 Å². The van der Waals surface area contributed by atoms with Crippen LogP contribution in [0.25, 0.3) is 0 Å². The van der Waals surface area contributed by atoms with Crippen molar-refractivity contribution in [2.24, 2.45) is 0 Å². The molecule has 1 saturated heterocycles. The summed E-state index contributed by atoms with van der Waals surface area (Å²) in [4.78, 5) is 5.88. The zero-order valence-corrected chi connectivity index (χ0v) is 10.9. The molecule has 1 aliphatic rings. The summed E-state index contributed by atoms with van der Waals surface area (Å²) in [6, 6.07) is 5.27. The molecule has 1 aromatic heterocycles. The molecule has 4 heteroatoms. The van der Waals surface area contributed by atoms with Crippen LogP contribution in [0.3, 0.4) is 0 Å². The number of nitrogens with zero attached hydrogens (tertiary/aromatic N) is 1. The molecule has 1 aliphatic heterocycles. The summed E-state index contributed by atoms with van der Waals surface area (Å²) in [5.41, 5.74) is 1.29. The van der Waals surface area contributed by atoms with Crippen molar-refractivity contribution in [3.8, 4) is 0 Å². The van der Waals surface area contributed by atoms with Gasteiger partial charge in [0, 0.05) is 50.2 Å². The number of nitrogens with one attached hydrogen (secondary N) is 3. The molecule has 0 aromatic carbocycles. The van der Waals surface area contributed by atoms with Gasteiger partial charge in [-0.1, -0.05) is 0 Å². The Bertz CT molecular complexity index is 303. The average Bonchev–Trinajstić information content (AvgIpc) is 2.90. The lowest BCUT2D eigenvalue weighted by molar-refractivity contribution is 0.166. The van der Waals surface area contributed by atoms with E-state index in [1.165, 1.54) is 18.8 Å². The molecule has 2 unspecified atom stereocenters. The molecule has 17 heavy (non-hydrogen) atoms. The van der Waals surface area contributed by atoms with Crippen LogP contribution in [-0.4, -0.2) is 49.2 Å². The first kappa shape index (κ1) is 12.6. The van der Waals surface area contributed by atoms with Crippen LogP contribution in [0.15, 0.2) is 18.3 Å². The predicted octanol–water partition coefficient (Wildman–Crippen LogP) is 0.959. The highest BCUT2D eigenvalue weighted by molar-refractivity contribution is 5.09. The van der Waals surface area contributed by atoms with Gasteiger partial charge in [-0.25, -0.2) is 0 Å². The summed E-state index contributed by atoms with van der Waals surface area (Å²) >= 11 is 0. The molecule has 0 spiro atoms. The first-order valence-electron chi connectivity index (χ1n) is 6.56. The minimum absolute atomic E-state index is 0.426. The lowest BCUT2D eigenvalue weighted by atomic mass is 10.0. The number of aromatic amines is 1. The third-order valence-corrected chi connectivity index (χ3v) is 3.70. The van der Waals surface area contributed by atoms with Gasteiger partial charge in [0.05, 0.1) is 0 Å². The van der Waals surface area contributed by atoms with Crippen molar-refractivity contribution in [3.63, 3.8) is 0 Å². The standard InChI is InChI=1S/C13H24N4/c1-11(17-8-6-15-7-9-17)10-13(14-2)12-4-3-5-16-12/h3-5,11,13-16H,6-10H2,1-2H3. The number of hydrogen-bond acceptors (Lipinski definition) is 3. The molecule has 0 bridgehead atoms. The van der Waals surface area contributed by atoms with Gasteiger partial charge in [-0.3, -0.25) is 4.90 Å². The Morgan fingerprint density at radius 2 is 2.18 bits per heavy atom. The zero-order chi connectivity index (χ0) is 12.1. The van der Waals surface area contributed by atoms with Crippen LogP contribution in [0.1, 0.15) is 25.1 Å². The van der Waals surface area contributed by atoms with E-state index in [0.717, 1.165) is 19.5 Å². The summed E-state index contributed by atoms with van der Waals surface area (Å²) in [7, 11) is 2.04. The molecule has 2 atom stereocenters. The van der Waals surface area contributed by atoms with Crippen LogP contribution in [0.5, 0.6) is 0 Å². The molecule has 0 aliphatic carbocycles. The Morgan fingerprint density at radius 3 is 2.76 bits per heavy atom. The lowest BCUT2D eigenvalue weighted by Gasteiger charge is -2.34. The lowest BCUT2D eigenvalue weighted by Crippen LogP contribution is -2.48. The zero-order valence-electron chi connectivity index (χ0n) is 10.9. The Kier molecular flexibility index (Phi) is 4.59. The molecule has 96 valence electrons. The van der Waals surface area contributed by atoms with E-state index in [9.17, 15) is 0 Å². The highest BCUT2D eigenvalue weighted by Gasteiger charge is 2.20. The molecule has 0 radical (unpaired) electrons. The summed E-state index contributed by atoms with van der Waals surface area (Å²) < 4.78 is 0. The van der Waals surface area contributed by atoms with Crippen LogP contribution in [0.2, 0.25) is 0 Å². The second-order valence-corrected chi connectivity index (χ2v) is 4.84. The van der Waals surface area contributed by atoms with Crippen molar-refractivity contribution >= 4 is 0 Å². The monoisotopic (exact) mass is 236 g/mol. The second kappa shape index (κ2) is 6.19. The second-order valence-electron chi connectivity index (χ2n) is 4.84. The summed E-state index contributed by atoms with van der Waals surface area (Å²) in [6.45, 7) is 6.91. The van der Waals surface area contributed by atoms with Crippen molar-refractivity contribution < 1.29 is 0 Å². The van der Waals surface area contributed by atoms with Gasteiger partial charge < -0.3 is 15.6 Å². The quantitative estimate of drug-likeness (QED) is 0.713. The molecule has 0 saturated carbocycles. The number of H-pyrrole nitrogens is 1. The van der Waals surface area contributed by atoms with Gasteiger partial charge in [0.25, 0.3) is 0 Å². The van der Waals surface area contributed by atoms with E-state index in [1.54, 1.807) is 0 Å². The van der Waals surface area contributed by atoms with Gasteiger partial charge in [-0.15, -0.1) is 0 Å². The maximum Gasteiger partial charge on any atom is 0.0485 e. The predicted molar refractivity (Wildman–Crippen MR) is 71.1 cm³/mol. The van der Waals surface area contributed by atoms with E-state index >= 15 is 0 Å². The van der Waals surface area contributed by atoms with Crippen molar-refractivity contribution in [1.29, 1.82) is 0 Å². The molecule has 0 amide bonds. The minimum Gasteiger partial charge on any atom is -0.364 e. The van der Waals surface area contributed by atoms with Gasteiger partial charge in [-0.2, -0.15) is 0 Å². The van der Waals surface area contributed by atoms with Gasteiger partial charge in [0.15, 0.2) is 0 Å². The van der Waals surface area contributed by atoms with E-state index in [0.29, 0.717) is 12.1 Å². The molecule has 1 fully saturated rings. The van der Waals surface area contributed by atoms with Gasteiger partial charge in [0.2, 0.25) is 0 Å². The van der Waals surface area contributed by atoms with Crippen LogP contribution >= 0.6 is 0 Å². The van der Waals surface area contributed by atoms with Crippen LogP contribution in [-0.2, 0) is 0 Å². The van der Waals surface area contributed by atoms with E-state index in [1.807, 2.05) is 13.2 Å². The van der Waals surface area contributed by atoms with E-state index in [2.05, 4.69) is 39.6 Å². The number of hydrogen-bond donors (Lipinski definition) is 3. The number of aromatic nitrogens is 1. The van der Waals surface area contributed by atoms with E-state index in [-0.39, 0.29) is 0 Å². The Hall–Kier alpha value is -0.840. The summed E-state index contributed by atoms with van der Waals surface area (Å²) in [5, 5.41) is 6.80. The molecule has 2 heterocycles. The first-order valence-corrected chi connectivity index (χ1v) is 6.56. The fourth-order valence-electron chi connectivity index (χ4n) is 2.57. The Morgan fingerprint density at radius 1 is 1.41 bits per heavy atom. The maximum absolute atomic E-state index is 3.40. The maximum atomic E-state index is 3.40. The molecule has 1 aromatic rings. The van der Waals surface area contributed by atoms with E-state index < -0.39 is 0 Å². The van der Waals surface area contributed by atoms with Gasteiger partial charge in [-0.05, 0) is 32.5 Å². The molecular formula is C13H24N4. The summed E-state index contributed by atoms with van der Waals surface area (Å²) in [6.07, 6.45) is 3.15. The highest BCUT2D eigenvalue weighted by atomic mass is 15.2. The summed E-state index contributed by atoms with van der Waals surface area (Å²) in [5.74, 6) is 0. The SMILES string of the molecule is CNC(CC(C)N1CCNCC1)c1ccc[nH]1. The third kappa shape index (κ3) is 3.31.